The number of anilines is 1. The third-order valence-electron chi connectivity index (χ3n) is 6.98. The van der Waals surface area contributed by atoms with Gasteiger partial charge in [-0.05, 0) is 67.7 Å². The molecule has 31 heavy (non-hydrogen) atoms. The Bertz CT molecular complexity index is 1270. The standard InChI is InChI=1S/C25H25NO4S/c1-16-4-7-18(8-5-16)31(28,29)26-15-21-19(20-9-6-17(30-3)14-23(20)26)12-13-25(2)22(21)10-11-24(25)27/h4-10,14H,11-13,15H2,1-3H3. The van der Waals surface area contributed by atoms with Crippen LogP contribution in [0, 0.1) is 12.3 Å². The smallest absolute Gasteiger partial charge is 0.264 e. The van der Waals surface area contributed by atoms with Gasteiger partial charge in [-0.25, -0.2) is 8.42 Å². The second kappa shape index (κ2) is 6.82. The summed E-state index contributed by atoms with van der Waals surface area (Å²) in [5, 5.41) is 0. The average molecular weight is 436 g/mol. The summed E-state index contributed by atoms with van der Waals surface area (Å²) in [6.07, 6.45) is 3.93. The number of fused-ring (bicyclic) bond motifs is 4. The fraction of sp³-hybridized carbons (Fsp3) is 0.320. The predicted molar refractivity (Wildman–Crippen MR) is 121 cm³/mol. The summed E-state index contributed by atoms with van der Waals surface area (Å²) in [6, 6.07) is 12.5. The van der Waals surface area contributed by atoms with Gasteiger partial charge in [0.2, 0.25) is 0 Å². The van der Waals surface area contributed by atoms with Gasteiger partial charge in [-0.2, -0.15) is 0 Å². The molecule has 2 aliphatic carbocycles. The molecule has 0 aromatic heterocycles. The molecule has 0 fully saturated rings. The van der Waals surface area contributed by atoms with Crippen LogP contribution in [0.15, 0.2) is 64.6 Å². The minimum absolute atomic E-state index is 0.223. The third-order valence-corrected chi connectivity index (χ3v) is 8.75. The fourth-order valence-corrected chi connectivity index (χ4v) is 6.52. The number of sulfonamides is 1. The summed E-state index contributed by atoms with van der Waals surface area (Å²) in [5.41, 5.74) is 5.15. The zero-order valence-corrected chi connectivity index (χ0v) is 18.8. The molecule has 2 aromatic carbocycles. The number of hydrogen-bond donors (Lipinski definition) is 0. The zero-order valence-electron chi connectivity index (χ0n) is 17.9. The fourth-order valence-electron chi connectivity index (χ4n) is 5.07. The van der Waals surface area contributed by atoms with Crippen molar-refractivity contribution in [2.75, 3.05) is 18.0 Å². The number of aryl methyl sites for hydroxylation is 1. The van der Waals surface area contributed by atoms with Crippen molar-refractivity contribution in [3.63, 3.8) is 0 Å². The Balaban J connectivity index is 1.71. The first kappa shape index (κ1) is 20.1. The van der Waals surface area contributed by atoms with Crippen molar-refractivity contribution in [3.05, 3.63) is 70.8 Å². The second-order valence-electron chi connectivity index (χ2n) is 8.74. The highest BCUT2D eigenvalue weighted by atomic mass is 32.2. The van der Waals surface area contributed by atoms with Crippen LogP contribution < -0.4 is 9.04 Å². The monoisotopic (exact) mass is 435 g/mol. The second-order valence-corrected chi connectivity index (χ2v) is 10.6. The lowest BCUT2D eigenvalue weighted by atomic mass is 9.67. The number of carbonyl (C=O) groups excluding carboxylic acids is 1. The molecule has 1 aliphatic heterocycles. The summed E-state index contributed by atoms with van der Waals surface area (Å²) < 4.78 is 34.4. The molecule has 3 aliphatic rings. The van der Waals surface area contributed by atoms with E-state index in [2.05, 4.69) is 0 Å². The highest BCUT2D eigenvalue weighted by molar-refractivity contribution is 7.92. The first-order valence-corrected chi connectivity index (χ1v) is 11.9. The molecule has 5 rings (SSSR count). The lowest BCUT2D eigenvalue weighted by Gasteiger charge is -2.41. The summed E-state index contributed by atoms with van der Waals surface area (Å²) in [5.74, 6) is 0.838. The molecule has 1 heterocycles. The zero-order chi connectivity index (χ0) is 22.0. The van der Waals surface area contributed by atoms with Crippen molar-refractivity contribution in [2.45, 2.75) is 38.0 Å². The molecule has 5 nitrogen and oxygen atoms in total. The Kier molecular flexibility index (Phi) is 4.42. The van der Waals surface area contributed by atoms with Crippen LogP contribution in [0.25, 0.3) is 5.57 Å². The Morgan fingerprint density at radius 2 is 1.81 bits per heavy atom. The lowest BCUT2D eigenvalue weighted by molar-refractivity contribution is -0.124. The molecule has 0 N–H and O–H groups in total. The van der Waals surface area contributed by atoms with Gasteiger partial charge in [0.1, 0.15) is 11.5 Å². The molecule has 6 heteroatoms. The van der Waals surface area contributed by atoms with E-state index in [9.17, 15) is 13.2 Å². The molecule has 0 saturated heterocycles. The number of carbonyl (C=O) groups is 1. The van der Waals surface area contributed by atoms with Crippen LogP contribution in [-0.4, -0.2) is 27.9 Å². The van der Waals surface area contributed by atoms with Crippen molar-refractivity contribution < 1.29 is 17.9 Å². The SMILES string of the molecule is COc1ccc2c(c1)N(S(=O)(=O)c1ccc(C)cc1)CC1=C2CCC2(C)C(=O)CC=C12. The summed E-state index contributed by atoms with van der Waals surface area (Å²) in [7, 11) is -2.22. The molecule has 0 radical (unpaired) electrons. The quantitative estimate of drug-likeness (QED) is 0.703. The number of benzene rings is 2. The van der Waals surface area contributed by atoms with Gasteiger partial charge in [-0.15, -0.1) is 0 Å². The molecule has 0 bridgehead atoms. The first-order chi connectivity index (χ1) is 14.8. The maximum Gasteiger partial charge on any atom is 0.264 e. The van der Waals surface area contributed by atoms with Gasteiger partial charge in [-0.3, -0.25) is 9.10 Å². The van der Waals surface area contributed by atoms with Gasteiger partial charge in [0.05, 0.1) is 29.7 Å². The molecule has 0 saturated carbocycles. The predicted octanol–water partition coefficient (Wildman–Crippen LogP) is 4.67. The van der Waals surface area contributed by atoms with E-state index in [1.807, 2.05) is 44.2 Å². The maximum atomic E-state index is 13.7. The molecule has 0 amide bonds. The van der Waals surface area contributed by atoms with Gasteiger partial charge in [0.25, 0.3) is 10.0 Å². The highest BCUT2D eigenvalue weighted by Crippen LogP contribution is 2.54. The van der Waals surface area contributed by atoms with Gasteiger partial charge in [0.15, 0.2) is 0 Å². The summed E-state index contributed by atoms with van der Waals surface area (Å²) in [4.78, 5) is 12.9. The molecular formula is C25H25NO4S. The summed E-state index contributed by atoms with van der Waals surface area (Å²) >= 11 is 0. The van der Waals surface area contributed by atoms with E-state index >= 15 is 0 Å². The van der Waals surface area contributed by atoms with E-state index in [-0.39, 0.29) is 17.2 Å². The third kappa shape index (κ3) is 2.88. The molecule has 160 valence electrons. The van der Waals surface area contributed by atoms with Crippen LogP contribution in [-0.2, 0) is 14.8 Å². The van der Waals surface area contributed by atoms with E-state index in [1.165, 1.54) is 4.31 Å². The Morgan fingerprint density at radius 3 is 2.52 bits per heavy atom. The Morgan fingerprint density at radius 1 is 1.06 bits per heavy atom. The number of ketones is 1. The Hall–Kier alpha value is -2.86. The van der Waals surface area contributed by atoms with E-state index in [0.29, 0.717) is 17.9 Å². The number of ether oxygens (including phenoxy) is 1. The van der Waals surface area contributed by atoms with Crippen LogP contribution in [0.1, 0.15) is 37.3 Å². The number of rotatable bonds is 3. The van der Waals surface area contributed by atoms with Crippen LogP contribution >= 0.6 is 0 Å². The van der Waals surface area contributed by atoms with Crippen molar-refractivity contribution in [1.82, 2.24) is 0 Å². The largest absolute Gasteiger partial charge is 0.497 e. The molecule has 1 atom stereocenters. The summed E-state index contributed by atoms with van der Waals surface area (Å²) in [6.45, 7) is 4.15. The topological polar surface area (TPSA) is 63.7 Å². The van der Waals surface area contributed by atoms with Crippen molar-refractivity contribution >= 4 is 27.1 Å². The first-order valence-electron chi connectivity index (χ1n) is 10.5. The van der Waals surface area contributed by atoms with Crippen molar-refractivity contribution in [3.8, 4) is 5.75 Å². The van der Waals surface area contributed by atoms with Crippen LogP contribution in [0.2, 0.25) is 0 Å². The molecular weight excluding hydrogens is 410 g/mol. The molecule has 2 aromatic rings. The lowest BCUT2D eigenvalue weighted by Crippen LogP contribution is -2.40. The van der Waals surface area contributed by atoms with E-state index in [4.69, 9.17) is 4.74 Å². The van der Waals surface area contributed by atoms with Gasteiger partial charge in [-0.1, -0.05) is 23.8 Å². The number of methoxy groups -OCH3 is 1. The minimum atomic E-state index is -3.80. The van der Waals surface area contributed by atoms with Gasteiger partial charge < -0.3 is 4.74 Å². The average Bonchev–Trinajstić information content (AvgIpc) is 3.07. The number of hydrogen-bond acceptors (Lipinski definition) is 4. The highest BCUT2D eigenvalue weighted by Gasteiger charge is 2.47. The minimum Gasteiger partial charge on any atom is -0.497 e. The van der Waals surface area contributed by atoms with Crippen LogP contribution in [0.4, 0.5) is 5.69 Å². The van der Waals surface area contributed by atoms with Crippen LogP contribution in [0.5, 0.6) is 5.75 Å². The van der Waals surface area contributed by atoms with Crippen LogP contribution in [0.3, 0.4) is 0 Å². The van der Waals surface area contributed by atoms with Gasteiger partial charge in [0, 0.05) is 18.1 Å². The van der Waals surface area contributed by atoms with E-state index in [1.54, 1.807) is 25.3 Å². The number of allylic oxidation sites excluding steroid dienone is 2. The number of Topliss-reactive ketones (excluding diaryl/α,β-unsaturated/α-hetero) is 1. The molecule has 1 unspecified atom stereocenters. The Labute approximate surface area is 183 Å². The maximum absolute atomic E-state index is 13.7. The van der Waals surface area contributed by atoms with E-state index in [0.717, 1.165) is 40.7 Å². The van der Waals surface area contributed by atoms with Crippen molar-refractivity contribution in [1.29, 1.82) is 0 Å². The van der Waals surface area contributed by atoms with E-state index < -0.39 is 15.4 Å². The normalized spacial score (nSPS) is 22.6. The van der Waals surface area contributed by atoms with Gasteiger partial charge >= 0.3 is 0 Å². The molecule has 0 spiro atoms. The van der Waals surface area contributed by atoms with Crippen molar-refractivity contribution in [2.24, 2.45) is 5.41 Å². The number of nitrogens with zero attached hydrogens (tertiary/aromatic N) is 1.